The van der Waals surface area contributed by atoms with E-state index in [1.165, 1.54) is 0 Å². The molecule has 0 fully saturated rings. The second kappa shape index (κ2) is 10.9. The fourth-order valence-electron chi connectivity index (χ4n) is 2.81. The van der Waals surface area contributed by atoms with Crippen LogP contribution in [-0.4, -0.2) is 52.9 Å². The number of allylic oxidation sites excluding steroid dienone is 1. The molecule has 1 atom stereocenters. The number of hydrogen-bond acceptors (Lipinski definition) is 2. The zero-order valence-electron chi connectivity index (χ0n) is 13.3. The third-order valence-corrected chi connectivity index (χ3v) is 3.49. The van der Waals surface area contributed by atoms with Crippen LogP contribution in [-0.2, 0) is 4.79 Å². The van der Waals surface area contributed by atoms with Crippen molar-refractivity contribution in [3.05, 3.63) is 12.2 Å². The van der Waals surface area contributed by atoms with E-state index in [1.54, 1.807) is 0 Å². The SMILES string of the molecule is CCC/C=C/CC(O)C[N+](CCC)(CCC)CC(=O)O. The minimum absolute atomic E-state index is 0.109. The predicted octanol–water partition coefficient (Wildman–Crippen LogP) is 2.82. The number of hydrogen-bond donors (Lipinski definition) is 2. The van der Waals surface area contributed by atoms with Crippen LogP contribution in [0.2, 0.25) is 0 Å². The van der Waals surface area contributed by atoms with Crippen molar-refractivity contribution < 1.29 is 19.5 Å². The molecule has 0 aromatic carbocycles. The third-order valence-electron chi connectivity index (χ3n) is 3.49. The minimum atomic E-state index is -0.777. The van der Waals surface area contributed by atoms with Gasteiger partial charge in [0.15, 0.2) is 6.54 Å². The van der Waals surface area contributed by atoms with Gasteiger partial charge in [-0.15, -0.1) is 0 Å². The maximum Gasteiger partial charge on any atom is 0.359 e. The molecule has 0 spiro atoms. The van der Waals surface area contributed by atoms with Gasteiger partial charge in [0, 0.05) is 0 Å². The first kappa shape index (κ1) is 19.1. The first-order valence-electron chi connectivity index (χ1n) is 7.89. The molecular formula is C16H32NO3+. The lowest BCUT2D eigenvalue weighted by atomic mass is 10.1. The quantitative estimate of drug-likeness (QED) is 0.428. The van der Waals surface area contributed by atoms with E-state index >= 15 is 0 Å². The van der Waals surface area contributed by atoms with Gasteiger partial charge in [0.2, 0.25) is 0 Å². The fourth-order valence-corrected chi connectivity index (χ4v) is 2.81. The number of carbonyl (C=O) groups is 1. The van der Waals surface area contributed by atoms with Gasteiger partial charge >= 0.3 is 5.97 Å². The maximum absolute atomic E-state index is 11.1. The van der Waals surface area contributed by atoms with E-state index < -0.39 is 12.1 Å². The van der Waals surface area contributed by atoms with E-state index in [0.29, 0.717) is 17.4 Å². The highest BCUT2D eigenvalue weighted by Crippen LogP contribution is 2.13. The monoisotopic (exact) mass is 286 g/mol. The van der Waals surface area contributed by atoms with Gasteiger partial charge in [0.1, 0.15) is 12.6 Å². The molecule has 2 N–H and O–H groups in total. The van der Waals surface area contributed by atoms with Crippen molar-refractivity contribution in [3.8, 4) is 0 Å². The van der Waals surface area contributed by atoms with Crippen molar-refractivity contribution in [1.82, 2.24) is 0 Å². The van der Waals surface area contributed by atoms with Crippen LogP contribution in [0.3, 0.4) is 0 Å². The van der Waals surface area contributed by atoms with Crippen molar-refractivity contribution in [2.75, 3.05) is 26.2 Å². The second-order valence-electron chi connectivity index (χ2n) is 5.67. The van der Waals surface area contributed by atoms with Crippen LogP contribution in [0.1, 0.15) is 52.9 Å². The molecule has 20 heavy (non-hydrogen) atoms. The summed E-state index contributed by atoms with van der Waals surface area (Å²) < 4.78 is 0.491. The van der Waals surface area contributed by atoms with E-state index in [4.69, 9.17) is 5.11 Å². The Morgan fingerprint density at radius 3 is 2.15 bits per heavy atom. The molecule has 4 heteroatoms. The number of quaternary nitrogens is 1. The Morgan fingerprint density at radius 2 is 1.70 bits per heavy atom. The molecule has 0 aliphatic rings. The average Bonchev–Trinajstić information content (AvgIpc) is 2.34. The lowest BCUT2D eigenvalue weighted by Crippen LogP contribution is -2.55. The molecule has 0 bridgehead atoms. The highest BCUT2D eigenvalue weighted by molar-refractivity contribution is 5.67. The van der Waals surface area contributed by atoms with Crippen LogP contribution in [0.4, 0.5) is 0 Å². The number of carboxylic acids is 1. The van der Waals surface area contributed by atoms with E-state index in [-0.39, 0.29) is 6.54 Å². The molecule has 0 heterocycles. The third kappa shape index (κ3) is 8.33. The summed E-state index contributed by atoms with van der Waals surface area (Å²) in [6, 6.07) is 0. The Labute approximate surface area is 123 Å². The largest absolute Gasteiger partial charge is 0.477 e. The van der Waals surface area contributed by atoms with Gasteiger partial charge in [-0.05, 0) is 25.7 Å². The molecule has 0 radical (unpaired) electrons. The Kier molecular flexibility index (Phi) is 10.4. The summed E-state index contributed by atoms with van der Waals surface area (Å²) >= 11 is 0. The molecule has 0 aromatic heterocycles. The summed E-state index contributed by atoms with van der Waals surface area (Å²) in [7, 11) is 0. The normalized spacial score (nSPS) is 13.8. The van der Waals surface area contributed by atoms with Gasteiger partial charge in [0.05, 0.1) is 13.1 Å². The van der Waals surface area contributed by atoms with E-state index in [9.17, 15) is 9.90 Å². The van der Waals surface area contributed by atoms with Crippen molar-refractivity contribution >= 4 is 5.97 Å². The zero-order valence-corrected chi connectivity index (χ0v) is 13.3. The summed E-state index contributed by atoms with van der Waals surface area (Å²) in [5, 5.41) is 19.3. The van der Waals surface area contributed by atoms with Gasteiger partial charge in [0.25, 0.3) is 0 Å². The van der Waals surface area contributed by atoms with Crippen LogP contribution >= 0.6 is 0 Å². The van der Waals surface area contributed by atoms with Crippen molar-refractivity contribution in [3.63, 3.8) is 0 Å². The summed E-state index contributed by atoms with van der Waals surface area (Å²) in [5.74, 6) is -0.777. The molecule has 118 valence electrons. The molecule has 0 rings (SSSR count). The van der Waals surface area contributed by atoms with E-state index in [0.717, 1.165) is 38.8 Å². The van der Waals surface area contributed by atoms with Crippen LogP contribution < -0.4 is 0 Å². The predicted molar refractivity (Wildman–Crippen MR) is 82.6 cm³/mol. The Hall–Kier alpha value is -0.870. The Bertz CT molecular complexity index is 283. The molecule has 0 aromatic rings. The van der Waals surface area contributed by atoms with Crippen molar-refractivity contribution in [2.24, 2.45) is 0 Å². The van der Waals surface area contributed by atoms with Gasteiger partial charge in [-0.1, -0.05) is 39.3 Å². The number of aliphatic hydroxyl groups excluding tert-OH is 1. The van der Waals surface area contributed by atoms with Crippen LogP contribution in [0, 0.1) is 0 Å². The van der Waals surface area contributed by atoms with Gasteiger partial charge in [-0.2, -0.15) is 0 Å². The number of aliphatic hydroxyl groups is 1. The number of rotatable bonds is 12. The molecule has 0 saturated heterocycles. The Morgan fingerprint density at radius 1 is 1.10 bits per heavy atom. The molecule has 0 aliphatic heterocycles. The van der Waals surface area contributed by atoms with Gasteiger partial charge in [-0.3, -0.25) is 0 Å². The standard InChI is InChI=1S/C16H31NO3/c1-4-7-8-9-10-15(18)13-17(11-5-2,12-6-3)14-16(19)20/h8-9,15,18H,4-7,10-14H2,1-3H3/p+1/b9-8+. The first-order valence-corrected chi connectivity index (χ1v) is 7.89. The van der Waals surface area contributed by atoms with Gasteiger partial charge < -0.3 is 14.7 Å². The smallest absolute Gasteiger partial charge is 0.359 e. The lowest BCUT2D eigenvalue weighted by molar-refractivity contribution is -0.924. The summed E-state index contributed by atoms with van der Waals surface area (Å²) in [6.07, 6.45) is 8.28. The molecule has 0 saturated carbocycles. The number of nitrogens with zero attached hydrogens (tertiary/aromatic N) is 1. The second-order valence-corrected chi connectivity index (χ2v) is 5.67. The minimum Gasteiger partial charge on any atom is -0.477 e. The van der Waals surface area contributed by atoms with E-state index in [1.807, 2.05) is 6.08 Å². The molecule has 0 aliphatic carbocycles. The lowest BCUT2D eigenvalue weighted by Gasteiger charge is -2.38. The highest BCUT2D eigenvalue weighted by Gasteiger charge is 2.31. The van der Waals surface area contributed by atoms with Crippen LogP contribution in [0.15, 0.2) is 12.2 Å². The molecule has 1 unspecified atom stereocenters. The topological polar surface area (TPSA) is 57.5 Å². The number of unbranched alkanes of at least 4 members (excludes halogenated alkanes) is 1. The van der Waals surface area contributed by atoms with Crippen LogP contribution in [0.5, 0.6) is 0 Å². The maximum atomic E-state index is 11.1. The summed E-state index contributed by atoms with van der Waals surface area (Å²) in [4.78, 5) is 11.1. The highest BCUT2D eigenvalue weighted by atomic mass is 16.4. The fraction of sp³-hybridized carbons (Fsp3) is 0.812. The average molecular weight is 286 g/mol. The molecule has 4 nitrogen and oxygen atoms in total. The summed E-state index contributed by atoms with van der Waals surface area (Å²) in [6.45, 7) is 8.53. The van der Waals surface area contributed by atoms with Crippen molar-refractivity contribution in [1.29, 1.82) is 0 Å². The van der Waals surface area contributed by atoms with Crippen molar-refractivity contribution in [2.45, 2.75) is 59.0 Å². The Balaban J connectivity index is 4.62. The van der Waals surface area contributed by atoms with Crippen LogP contribution in [0.25, 0.3) is 0 Å². The van der Waals surface area contributed by atoms with E-state index in [2.05, 4.69) is 26.8 Å². The number of carboxylic acid groups (broad SMARTS) is 1. The molecular weight excluding hydrogens is 254 g/mol. The zero-order chi connectivity index (χ0) is 15.4. The summed E-state index contributed by atoms with van der Waals surface area (Å²) in [5.41, 5.74) is 0. The first-order chi connectivity index (χ1) is 9.49. The van der Waals surface area contributed by atoms with Gasteiger partial charge in [-0.25, -0.2) is 4.79 Å². The number of aliphatic carboxylic acids is 1. The molecule has 0 amide bonds.